The van der Waals surface area contributed by atoms with E-state index in [-0.39, 0.29) is 0 Å². The third-order valence-electron chi connectivity index (χ3n) is 3.76. The van der Waals surface area contributed by atoms with E-state index in [9.17, 15) is 0 Å². The molecule has 96 valence electrons. The van der Waals surface area contributed by atoms with Crippen molar-refractivity contribution >= 4 is 22.4 Å². The molecule has 0 fully saturated rings. The molecule has 19 heavy (non-hydrogen) atoms. The van der Waals surface area contributed by atoms with Crippen LogP contribution in [0.5, 0.6) is 0 Å². The van der Waals surface area contributed by atoms with Gasteiger partial charge in [-0.3, -0.25) is 4.98 Å². The zero-order valence-electron chi connectivity index (χ0n) is 10.6. The summed E-state index contributed by atoms with van der Waals surface area (Å²) in [5, 5.41) is 0. The van der Waals surface area contributed by atoms with Crippen LogP contribution in [-0.4, -0.2) is 15.0 Å². The van der Waals surface area contributed by atoms with Crippen LogP contribution in [0.15, 0.2) is 24.5 Å². The van der Waals surface area contributed by atoms with Crippen molar-refractivity contribution in [3.8, 4) is 10.7 Å². The Bertz CT molecular complexity index is 669. The molecule has 4 heteroatoms. The molecule has 0 spiro atoms. The van der Waals surface area contributed by atoms with Gasteiger partial charge in [0.15, 0.2) is 0 Å². The normalized spacial score (nSPS) is 15.4. The fourth-order valence-electron chi connectivity index (χ4n) is 2.76. The average molecular weight is 269 g/mol. The molecular formula is C15H15N3S. The number of nitrogens with zero attached hydrogens (tertiary/aromatic N) is 2. The molecule has 4 rings (SSSR count). The molecule has 0 bridgehead atoms. The highest BCUT2D eigenvalue weighted by Gasteiger charge is 2.15. The smallest absolute Gasteiger partial charge is 0.148 e. The maximum absolute atomic E-state index is 4.66. The summed E-state index contributed by atoms with van der Waals surface area (Å²) in [5.74, 6) is 0.987. The standard InChI is InChI=1S/C15H15N3S/c1-2-4-10-8-14(19-13(10)5-3-1)15-17-11-6-7-16-9-12(11)18-15/h6-9H,1-5H2,(H,17,18). The largest absolute Gasteiger partial charge is 0.336 e. The van der Waals surface area contributed by atoms with E-state index in [1.807, 2.05) is 23.6 Å². The topological polar surface area (TPSA) is 41.6 Å². The lowest BCUT2D eigenvalue weighted by Crippen LogP contribution is -1.81. The summed E-state index contributed by atoms with van der Waals surface area (Å²) in [6.07, 6.45) is 10.1. The summed E-state index contributed by atoms with van der Waals surface area (Å²) in [6, 6.07) is 4.28. The van der Waals surface area contributed by atoms with Gasteiger partial charge in [0.2, 0.25) is 0 Å². The van der Waals surface area contributed by atoms with E-state index in [1.54, 1.807) is 11.1 Å². The number of thiophene rings is 1. The van der Waals surface area contributed by atoms with Crippen LogP contribution in [0.2, 0.25) is 0 Å². The first-order chi connectivity index (χ1) is 9.40. The van der Waals surface area contributed by atoms with Crippen LogP contribution in [0.25, 0.3) is 21.7 Å². The minimum absolute atomic E-state index is 0.987. The first-order valence-electron chi connectivity index (χ1n) is 6.82. The van der Waals surface area contributed by atoms with Crippen molar-refractivity contribution in [1.82, 2.24) is 15.0 Å². The molecular weight excluding hydrogens is 254 g/mol. The molecule has 0 aliphatic heterocycles. The second-order valence-corrected chi connectivity index (χ2v) is 6.23. The molecule has 3 aromatic rings. The fraction of sp³-hybridized carbons (Fsp3) is 0.333. The number of aromatic amines is 1. The van der Waals surface area contributed by atoms with E-state index in [0.29, 0.717) is 0 Å². The Balaban J connectivity index is 1.79. The van der Waals surface area contributed by atoms with Gasteiger partial charge in [0.1, 0.15) is 5.82 Å². The van der Waals surface area contributed by atoms with Gasteiger partial charge in [-0.25, -0.2) is 4.98 Å². The van der Waals surface area contributed by atoms with Gasteiger partial charge in [0, 0.05) is 11.1 Å². The number of pyridine rings is 1. The van der Waals surface area contributed by atoms with E-state index < -0.39 is 0 Å². The van der Waals surface area contributed by atoms with Gasteiger partial charge >= 0.3 is 0 Å². The Kier molecular flexibility index (Phi) is 2.62. The van der Waals surface area contributed by atoms with Crippen molar-refractivity contribution in [2.24, 2.45) is 0 Å². The Hall–Kier alpha value is -1.68. The second-order valence-electron chi connectivity index (χ2n) is 5.10. The van der Waals surface area contributed by atoms with E-state index >= 15 is 0 Å². The van der Waals surface area contributed by atoms with Crippen LogP contribution in [0.1, 0.15) is 29.7 Å². The first-order valence-corrected chi connectivity index (χ1v) is 7.63. The quantitative estimate of drug-likeness (QED) is 0.679. The van der Waals surface area contributed by atoms with Gasteiger partial charge in [-0.2, -0.15) is 0 Å². The van der Waals surface area contributed by atoms with Crippen LogP contribution >= 0.6 is 11.3 Å². The monoisotopic (exact) mass is 269 g/mol. The summed E-state index contributed by atoms with van der Waals surface area (Å²) in [5.41, 5.74) is 3.55. The van der Waals surface area contributed by atoms with Crippen molar-refractivity contribution < 1.29 is 0 Å². The number of imidazole rings is 1. The Morgan fingerprint density at radius 3 is 3.05 bits per heavy atom. The van der Waals surface area contributed by atoms with Crippen molar-refractivity contribution in [3.63, 3.8) is 0 Å². The molecule has 0 unspecified atom stereocenters. The zero-order valence-corrected chi connectivity index (χ0v) is 11.5. The second kappa shape index (κ2) is 4.46. The van der Waals surface area contributed by atoms with Crippen LogP contribution in [0.4, 0.5) is 0 Å². The molecule has 1 aliphatic carbocycles. The van der Waals surface area contributed by atoms with Crippen molar-refractivity contribution in [2.45, 2.75) is 32.1 Å². The highest BCUT2D eigenvalue weighted by atomic mass is 32.1. The predicted octanol–water partition coefficient (Wildman–Crippen LogP) is 3.96. The molecule has 1 N–H and O–H groups in total. The molecule has 0 radical (unpaired) electrons. The number of hydrogen-bond donors (Lipinski definition) is 1. The number of aryl methyl sites for hydroxylation is 2. The molecule has 0 atom stereocenters. The number of rotatable bonds is 1. The Morgan fingerprint density at radius 2 is 2.11 bits per heavy atom. The van der Waals surface area contributed by atoms with E-state index in [2.05, 4.69) is 21.0 Å². The van der Waals surface area contributed by atoms with Gasteiger partial charge in [-0.1, -0.05) is 6.42 Å². The summed E-state index contributed by atoms with van der Waals surface area (Å²) in [7, 11) is 0. The predicted molar refractivity (Wildman–Crippen MR) is 78.5 cm³/mol. The summed E-state index contributed by atoms with van der Waals surface area (Å²) < 4.78 is 0. The van der Waals surface area contributed by atoms with Crippen LogP contribution in [0, 0.1) is 0 Å². The highest BCUT2D eigenvalue weighted by Crippen LogP contribution is 2.34. The minimum Gasteiger partial charge on any atom is -0.336 e. The van der Waals surface area contributed by atoms with Gasteiger partial charge in [0.25, 0.3) is 0 Å². The molecule has 3 aromatic heterocycles. The number of fused-ring (bicyclic) bond motifs is 2. The van der Waals surface area contributed by atoms with E-state index in [0.717, 1.165) is 16.9 Å². The maximum atomic E-state index is 4.66. The van der Waals surface area contributed by atoms with E-state index in [1.165, 1.54) is 42.5 Å². The van der Waals surface area contributed by atoms with Gasteiger partial charge in [0.05, 0.1) is 22.1 Å². The third-order valence-corrected chi connectivity index (χ3v) is 5.01. The zero-order chi connectivity index (χ0) is 12.7. The third kappa shape index (κ3) is 1.96. The molecule has 0 saturated carbocycles. The average Bonchev–Trinajstić information content (AvgIpc) is 2.97. The molecule has 1 aliphatic rings. The number of H-pyrrole nitrogens is 1. The Morgan fingerprint density at radius 1 is 1.16 bits per heavy atom. The van der Waals surface area contributed by atoms with Crippen molar-refractivity contribution in [2.75, 3.05) is 0 Å². The number of hydrogen-bond acceptors (Lipinski definition) is 3. The lowest BCUT2D eigenvalue weighted by atomic mass is 10.1. The van der Waals surface area contributed by atoms with Crippen LogP contribution < -0.4 is 0 Å². The fourth-order valence-corrected chi connectivity index (χ4v) is 3.96. The van der Waals surface area contributed by atoms with Gasteiger partial charge in [-0.05, 0) is 43.4 Å². The SMILES string of the molecule is c1cc2nc(-c3cc4c(s3)CCCCC4)[nH]c2cn1. The van der Waals surface area contributed by atoms with E-state index in [4.69, 9.17) is 0 Å². The number of aromatic nitrogens is 3. The minimum atomic E-state index is 0.987. The summed E-state index contributed by atoms with van der Waals surface area (Å²) >= 11 is 1.90. The van der Waals surface area contributed by atoms with Crippen molar-refractivity contribution in [3.05, 3.63) is 35.0 Å². The highest BCUT2D eigenvalue weighted by molar-refractivity contribution is 7.15. The van der Waals surface area contributed by atoms with Crippen LogP contribution in [0.3, 0.4) is 0 Å². The van der Waals surface area contributed by atoms with Gasteiger partial charge in [-0.15, -0.1) is 11.3 Å². The van der Waals surface area contributed by atoms with Crippen molar-refractivity contribution in [1.29, 1.82) is 0 Å². The molecule has 3 heterocycles. The number of nitrogens with one attached hydrogen (secondary N) is 1. The lowest BCUT2D eigenvalue weighted by molar-refractivity contribution is 0.713. The summed E-state index contributed by atoms with van der Waals surface area (Å²) in [6.45, 7) is 0. The molecule has 3 nitrogen and oxygen atoms in total. The molecule has 0 amide bonds. The maximum Gasteiger partial charge on any atom is 0.148 e. The molecule has 0 aromatic carbocycles. The molecule has 0 saturated heterocycles. The lowest BCUT2D eigenvalue weighted by Gasteiger charge is -1.92. The van der Waals surface area contributed by atoms with Crippen LogP contribution in [-0.2, 0) is 12.8 Å². The first kappa shape index (κ1) is 11.2. The summed E-state index contributed by atoms with van der Waals surface area (Å²) in [4.78, 5) is 15.0. The van der Waals surface area contributed by atoms with Gasteiger partial charge < -0.3 is 4.98 Å². The Labute approximate surface area is 115 Å².